The Labute approximate surface area is 130 Å². The van der Waals surface area contributed by atoms with Crippen molar-refractivity contribution in [3.05, 3.63) is 17.0 Å². The van der Waals surface area contributed by atoms with Crippen LogP contribution in [0.4, 0.5) is 0 Å². The van der Waals surface area contributed by atoms with E-state index >= 15 is 0 Å². The van der Waals surface area contributed by atoms with Crippen molar-refractivity contribution in [3.63, 3.8) is 0 Å². The van der Waals surface area contributed by atoms with Crippen molar-refractivity contribution in [2.45, 2.75) is 65.5 Å². The number of hydrogen-bond acceptors (Lipinski definition) is 3. The number of amides is 1. The lowest BCUT2D eigenvalue weighted by atomic mass is 10.1. The number of carbonyl (C=O) groups is 2. The lowest BCUT2D eigenvalue weighted by Gasteiger charge is -2.12. The molecule has 0 bridgehead atoms. The Morgan fingerprint density at radius 1 is 1.36 bits per heavy atom. The molecule has 22 heavy (non-hydrogen) atoms. The molecule has 1 amide bonds. The number of carboxylic acid groups (broad SMARTS) is 1. The molecule has 0 atom stereocenters. The molecule has 1 aromatic heterocycles. The number of nitrogens with one attached hydrogen (secondary N) is 1. The summed E-state index contributed by atoms with van der Waals surface area (Å²) in [4.78, 5) is 23.1. The third-order valence-electron chi connectivity index (χ3n) is 4.21. The van der Waals surface area contributed by atoms with Gasteiger partial charge in [-0.25, -0.2) is 4.79 Å². The van der Waals surface area contributed by atoms with Crippen LogP contribution in [0.3, 0.4) is 0 Å². The molecule has 1 fully saturated rings. The van der Waals surface area contributed by atoms with Gasteiger partial charge in [-0.15, -0.1) is 0 Å². The maximum Gasteiger partial charge on any atom is 0.329 e. The van der Waals surface area contributed by atoms with Crippen LogP contribution in [-0.2, 0) is 22.6 Å². The third-order valence-corrected chi connectivity index (χ3v) is 4.21. The van der Waals surface area contributed by atoms with Crippen molar-refractivity contribution in [1.82, 2.24) is 15.1 Å². The Morgan fingerprint density at radius 3 is 2.50 bits per heavy atom. The van der Waals surface area contributed by atoms with Crippen molar-refractivity contribution in [3.8, 4) is 0 Å². The molecule has 122 valence electrons. The molecule has 0 aliphatic heterocycles. The third kappa shape index (κ3) is 3.48. The minimum atomic E-state index is -0.997. The van der Waals surface area contributed by atoms with Gasteiger partial charge in [0.1, 0.15) is 5.54 Å². The highest BCUT2D eigenvalue weighted by Crippen LogP contribution is 2.35. The molecule has 2 rings (SSSR count). The SMILES string of the molecule is Cc1nn(CC(C)C)c(C)c1CCC(=O)NC1(C(=O)O)CC1. The molecule has 1 aliphatic carbocycles. The predicted molar refractivity (Wildman–Crippen MR) is 82.6 cm³/mol. The van der Waals surface area contributed by atoms with E-state index in [0.29, 0.717) is 31.6 Å². The lowest BCUT2D eigenvalue weighted by molar-refractivity contribution is -0.143. The first-order valence-electron chi connectivity index (χ1n) is 7.82. The first kappa shape index (κ1) is 16.5. The Hall–Kier alpha value is -1.85. The van der Waals surface area contributed by atoms with E-state index in [2.05, 4.69) is 24.3 Å². The Kier molecular flexibility index (Phi) is 4.58. The molecule has 2 N–H and O–H groups in total. The van der Waals surface area contributed by atoms with Crippen LogP contribution in [0.25, 0.3) is 0 Å². The van der Waals surface area contributed by atoms with Crippen molar-refractivity contribution in [2.75, 3.05) is 0 Å². The van der Waals surface area contributed by atoms with Crippen LogP contribution in [0, 0.1) is 19.8 Å². The average molecular weight is 307 g/mol. The zero-order chi connectivity index (χ0) is 16.5. The number of nitrogens with zero attached hydrogens (tertiary/aromatic N) is 2. The number of carboxylic acids is 1. The molecule has 1 aromatic rings. The second-order valence-electron chi connectivity index (χ2n) is 6.66. The number of aryl methyl sites for hydroxylation is 1. The standard InChI is InChI=1S/C16H25N3O3/c1-10(2)9-19-12(4)13(11(3)18-19)5-6-14(20)17-16(7-8-16)15(21)22/h10H,5-9H2,1-4H3,(H,17,20)(H,21,22). The molecule has 1 aliphatic rings. The number of hydrogen-bond donors (Lipinski definition) is 2. The normalized spacial score (nSPS) is 15.9. The zero-order valence-electron chi connectivity index (χ0n) is 13.8. The van der Waals surface area contributed by atoms with Crippen LogP contribution < -0.4 is 5.32 Å². The van der Waals surface area contributed by atoms with Crippen molar-refractivity contribution < 1.29 is 14.7 Å². The number of aliphatic carboxylic acids is 1. The highest BCUT2D eigenvalue weighted by molar-refractivity contribution is 5.89. The summed E-state index contributed by atoms with van der Waals surface area (Å²) in [7, 11) is 0. The number of rotatable bonds is 7. The van der Waals surface area contributed by atoms with Gasteiger partial charge in [0, 0.05) is 18.7 Å². The minimum Gasteiger partial charge on any atom is -0.480 e. The maximum absolute atomic E-state index is 12.0. The quantitative estimate of drug-likeness (QED) is 0.805. The Morgan fingerprint density at radius 2 is 2.00 bits per heavy atom. The molecule has 1 heterocycles. The number of aromatic nitrogens is 2. The van der Waals surface area contributed by atoms with Gasteiger partial charge in [-0.05, 0) is 44.6 Å². The van der Waals surface area contributed by atoms with Gasteiger partial charge in [0.2, 0.25) is 5.91 Å². The Bertz CT molecular complexity index is 586. The van der Waals surface area contributed by atoms with Crippen LogP contribution >= 0.6 is 0 Å². The summed E-state index contributed by atoms with van der Waals surface area (Å²) in [6.45, 7) is 9.13. The molecule has 6 nitrogen and oxygen atoms in total. The van der Waals surface area contributed by atoms with Crippen LogP contribution in [0.1, 0.15) is 50.1 Å². The van der Waals surface area contributed by atoms with Gasteiger partial charge in [-0.2, -0.15) is 5.10 Å². The molecule has 0 aromatic carbocycles. The summed E-state index contributed by atoms with van der Waals surface area (Å²) in [5.74, 6) is -0.618. The summed E-state index contributed by atoms with van der Waals surface area (Å²) in [6, 6.07) is 0. The summed E-state index contributed by atoms with van der Waals surface area (Å²) in [5.41, 5.74) is 2.14. The summed E-state index contributed by atoms with van der Waals surface area (Å²) >= 11 is 0. The van der Waals surface area contributed by atoms with Crippen molar-refractivity contribution in [2.24, 2.45) is 5.92 Å². The second-order valence-corrected chi connectivity index (χ2v) is 6.66. The Balaban J connectivity index is 1.95. The van der Waals surface area contributed by atoms with Crippen LogP contribution in [-0.4, -0.2) is 32.3 Å². The van der Waals surface area contributed by atoms with E-state index in [1.54, 1.807) is 0 Å². The highest BCUT2D eigenvalue weighted by Gasteiger charge is 2.51. The first-order chi connectivity index (χ1) is 10.2. The van der Waals surface area contributed by atoms with Crippen LogP contribution in [0.2, 0.25) is 0 Å². The average Bonchev–Trinajstić information content (AvgIpc) is 3.13. The molecule has 0 unspecified atom stereocenters. The molecule has 0 radical (unpaired) electrons. The summed E-state index contributed by atoms with van der Waals surface area (Å²) in [5, 5.41) is 16.3. The monoisotopic (exact) mass is 307 g/mol. The summed E-state index contributed by atoms with van der Waals surface area (Å²) in [6.07, 6.45) is 1.94. The molecule has 0 saturated heterocycles. The molecular weight excluding hydrogens is 282 g/mol. The fourth-order valence-electron chi connectivity index (χ4n) is 2.70. The molecule has 1 saturated carbocycles. The van der Waals surface area contributed by atoms with E-state index < -0.39 is 11.5 Å². The van der Waals surface area contributed by atoms with E-state index in [1.807, 2.05) is 18.5 Å². The van der Waals surface area contributed by atoms with Gasteiger partial charge in [0.05, 0.1) is 5.69 Å². The molecular formula is C16H25N3O3. The fraction of sp³-hybridized carbons (Fsp3) is 0.688. The predicted octanol–water partition coefficient (Wildman–Crippen LogP) is 1.82. The van der Waals surface area contributed by atoms with Crippen molar-refractivity contribution >= 4 is 11.9 Å². The van der Waals surface area contributed by atoms with E-state index in [9.17, 15) is 9.59 Å². The fourth-order valence-corrected chi connectivity index (χ4v) is 2.70. The van der Waals surface area contributed by atoms with E-state index in [1.165, 1.54) is 0 Å². The summed E-state index contributed by atoms with van der Waals surface area (Å²) < 4.78 is 1.99. The topological polar surface area (TPSA) is 84.2 Å². The van der Waals surface area contributed by atoms with E-state index in [0.717, 1.165) is 23.5 Å². The largest absolute Gasteiger partial charge is 0.480 e. The van der Waals surface area contributed by atoms with Gasteiger partial charge in [0.25, 0.3) is 0 Å². The van der Waals surface area contributed by atoms with E-state index in [4.69, 9.17) is 5.11 Å². The molecule has 6 heteroatoms. The van der Waals surface area contributed by atoms with Gasteiger partial charge in [-0.1, -0.05) is 13.8 Å². The first-order valence-corrected chi connectivity index (χ1v) is 7.82. The van der Waals surface area contributed by atoms with E-state index in [-0.39, 0.29) is 5.91 Å². The second kappa shape index (κ2) is 6.10. The lowest BCUT2D eigenvalue weighted by Crippen LogP contribution is -2.43. The van der Waals surface area contributed by atoms with Gasteiger partial charge in [0.15, 0.2) is 0 Å². The van der Waals surface area contributed by atoms with Gasteiger partial charge >= 0.3 is 5.97 Å². The minimum absolute atomic E-state index is 0.199. The zero-order valence-corrected chi connectivity index (χ0v) is 13.8. The smallest absolute Gasteiger partial charge is 0.329 e. The highest BCUT2D eigenvalue weighted by atomic mass is 16.4. The molecule has 0 spiro atoms. The van der Waals surface area contributed by atoms with Gasteiger partial charge < -0.3 is 10.4 Å². The number of carbonyl (C=O) groups excluding carboxylic acids is 1. The maximum atomic E-state index is 12.0. The van der Waals surface area contributed by atoms with Crippen molar-refractivity contribution in [1.29, 1.82) is 0 Å². The van der Waals surface area contributed by atoms with Crippen LogP contribution in [0.15, 0.2) is 0 Å². The van der Waals surface area contributed by atoms with Gasteiger partial charge in [-0.3, -0.25) is 9.48 Å². The van der Waals surface area contributed by atoms with Crippen LogP contribution in [0.5, 0.6) is 0 Å².